The van der Waals surface area contributed by atoms with E-state index >= 15 is 0 Å². The van der Waals surface area contributed by atoms with E-state index in [1.165, 1.54) is 6.07 Å². The third kappa shape index (κ3) is 4.00. The quantitative estimate of drug-likeness (QED) is 0.860. The number of hydrogen-bond donors (Lipinski definition) is 2. The fourth-order valence-electron chi connectivity index (χ4n) is 1.91. The van der Waals surface area contributed by atoms with Gasteiger partial charge in [-0.1, -0.05) is 17.7 Å². The lowest BCUT2D eigenvalue weighted by molar-refractivity contribution is 0.186. The van der Waals surface area contributed by atoms with E-state index in [9.17, 15) is 9.90 Å². The summed E-state index contributed by atoms with van der Waals surface area (Å²) in [5.41, 5.74) is 1.30. The van der Waals surface area contributed by atoms with Crippen LogP contribution in [0.5, 0.6) is 5.75 Å². The number of methoxy groups -OCH3 is 1. The molecule has 6 heteroatoms. The normalized spacial score (nSPS) is 10.6. The zero-order valence-corrected chi connectivity index (χ0v) is 12.4. The van der Waals surface area contributed by atoms with Gasteiger partial charge in [0, 0.05) is 43.0 Å². The number of aromatic nitrogens is 1. The van der Waals surface area contributed by atoms with Crippen LogP contribution in [0.4, 0.5) is 5.69 Å². The molecule has 0 radical (unpaired) electrons. The molecule has 1 heterocycles. The van der Waals surface area contributed by atoms with E-state index in [4.69, 9.17) is 16.3 Å². The SMILES string of the molecule is COCCn1cc(NCc2c(O)cccc2Cl)ccc1=O. The summed E-state index contributed by atoms with van der Waals surface area (Å²) >= 11 is 6.05. The lowest BCUT2D eigenvalue weighted by Gasteiger charge is -2.12. The Hall–Kier alpha value is -1.98. The molecule has 0 saturated heterocycles. The molecular formula is C15H17ClN2O3. The minimum Gasteiger partial charge on any atom is -0.508 e. The van der Waals surface area contributed by atoms with Crippen molar-refractivity contribution < 1.29 is 9.84 Å². The van der Waals surface area contributed by atoms with Gasteiger partial charge in [0.2, 0.25) is 0 Å². The lowest BCUT2D eigenvalue weighted by atomic mass is 10.2. The highest BCUT2D eigenvalue weighted by Crippen LogP contribution is 2.25. The van der Waals surface area contributed by atoms with Crippen molar-refractivity contribution in [2.24, 2.45) is 0 Å². The molecule has 1 aromatic carbocycles. The zero-order chi connectivity index (χ0) is 15.2. The Labute approximate surface area is 127 Å². The fourth-order valence-corrected chi connectivity index (χ4v) is 2.15. The molecule has 2 rings (SSSR count). The van der Waals surface area contributed by atoms with Crippen molar-refractivity contribution in [1.29, 1.82) is 0 Å². The van der Waals surface area contributed by atoms with Gasteiger partial charge in [-0.15, -0.1) is 0 Å². The number of aromatic hydroxyl groups is 1. The highest BCUT2D eigenvalue weighted by Gasteiger charge is 2.06. The van der Waals surface area contributed by atoms with Crippen LogP contribution in [0.25, 0.3) is 0 Å². The Balaban J connectivity index is 2.11. The molecule has 0 amide bonds. The van der Waals surface area contributed by atoms with E-state index < -0.39 is 0 Å². The number of hydrogen-bond acceptors (Lipinski definition) is 4. The standard InChI is InChI=1S/C15H17ClN2O3/c1-21-8-7-18-10-11(5-6-15(18)20)17-9-12-13(16)3-2-4-14(12)19/h2-6,10,17,19H,7-9H2,1H3. The van der Waals surface area contributed by atoms with Crippen molar-refractivity contribution in [2.75, 3.05) is 19.0 Å². The van der Waals surface area contributed by atoms with Gasteiger partial charge in [-0.25, -0.2) is 0 Å². The minimum atomic E-state index is -0.0850. The van der Waals surface area contributed by atoms with Crippen LogP contribution < -0.4 is 10.9 Å². The molecule has 21 heavy (non-hydrogen) atoms. The maximum atomic E-state index is 11.7. The molecule has 0 atom stereocenters. The van der Waals surface area contributed by atoms with E-state index in [0.717, 1.165) is 5.69 Å². The first-order valence-corrected chi connectivity index (χ1v) is 6.89. The van der Waals surface area contributed by atoms with Crippen molar-refractivity contribution in [2.45, 2.75) is 13.1 Å². The molecule has 5 nitrogen and oxygen atoms in total. The van der Waals surface area contributed by atoms with Gasteiger partial charge < -0.3 is 19.7 Å². The molecule has 0 fully saturated rings. The van der Waals surface area contributed by atoms with Gasteiger partial charge in [0.05, 0.1) is 12.3 Å². The van der Waals surface area contributed by atoms with Crippen molar-refractivity contribution in [3.05, 3.63) is 57.5 Å². The average Bonchev–Trinajstić information content (AvgIpc) is 2.47. The summed E-state index contributed by atoms with van der Waals surface area (Å²) in [5, 5.41) is 13.4. The molecule has 0 aliphatic rings. The minimum absolute atomic E-state index is 0.0850. The summed E-state index contributed by atoms with van der Waals surface area (Å²) in [5.74, 6) is 0.141. The summed E-state index contributed by atoms with van der Waals surface area (Å²) in [6.07, 6.45) is 1.72. The number of rotatable bonds is 6. The van der Waals surface area contributed by atoms with Gasteiger partial charge in [-0.3, -0.25) is 4.79 Å². The van der Waals surface area contributed by atoms with Gasteiger partial charge >= 0.3 is 0 Å². The van der Waals surface area contributed by atoms with E-state index in [1.54, 1.807) is 42.1 Å². The summed E-state index contributed by atoms with van der Waals surface area (Å²) in [4.78, 5) is 11.7. The molecule has 0 spiro atoms. The van der Waals surface area contributed by atoms with Gasteiger partial charge in [0.1, 0.15) is 5.75 Å². The van der Waals surface area contributed by atoms with Crippen LogP contribution in [-0.4, -0.2) is 23.4 Å². The Kier molecular flexibility index (Phi) is 5.25. The van der Waals surface area contributed by atoms with Gasteiger partial charge in [-0.2, -0.15) is 0 Å². The number of phenolic OH excluding ortho intramolecular Hbond substituents is 1. The highest BCUT2D eigenvalue weighted by atomic mass is 35.5. The number of phenols is 1. The number of pyridine rings is 1. The number of ether oxygens (including phenoxy) is 1. The smallest absolute Gasteiger partial charge is 0.250 e. The summed E-state index contributed by atoms with van der Waals surface area (Å²) in [7, 11) is 1.59. The predicted octanol–water partition coefficient (Wildman–Crippen LogP) is 2.47. The molecule has 0 saturated carbocycles. The van der Waals surface area contributed by atoms with Crippen LogP contribution in [0.2, 0.25) is 5.02 Å². The molecule has 112 valence electrons. The molecule has 0 unspecified atom stereocenters. The van der Waals surface area contributed by atoms with Crippen LogP contribution in [0.15, 0.2) is 41.3 Å². The average molecular weight is 309 g/mol. The first-order chi connectivity index (χ1) is 10.1. The number of halogens is 1. The number of benzene rings is 1. The van der Waals surface area contributed by atoms with Crippen molar-refractivity contribution in [3.8, 4) is 5.75 Å². The first kappa shape index (κ1) is 15.4. The van der Waals surface area contributed by atoms with E-state index in [-0.39, 0.29) is 11.3 Å². The number of anilines is 1. The Morgan fingerprint density at radius 1 is 1.33 bits per heavy atom. The molecule has 2 aromatic rings. The Bertz CT molecular complexity index is 650. The molecule has 0 aliphatic carbocycles. The van der Waals surface area contributed by atoms with Crippen molar-refractivity contribution in [1.82, 2.24) is 4.57 Å². The second-order valence-electron chi connectivity index (χ2n) is 4.53. The maximum Gasteiger partial charge on any atom is 0.250 e. The number of nitrogens with zero attached hydrogens (tertiary/aromatic N) is 1. The number of nitrogens with one attached hydrogen (secondary N) is 1. The highest BCUT2D eigenvalue weighted by molar-refractivity contribution is 6.31. The summed E-state index contributed by atoms with van der Waals surface area (Å²) in [6, 6.07) is 8.18. The lowest BCUT2D eigenvalue weighted by Crippen LogP contribution is -2.21. The predicted molar refractivity (Wildman–Crippen MR) is 83.0 cm³/mol. The van der Waals surface area contributed by atoms with Crippen LogP contribution in [0.3, 0.4) is 0 Å². The topological polar surface area (TPSA) is 63.5 Å². The summed E-state index contributed by atoms with van der Waals surface area (Å²) in [6.45, 7) is 1.32. The first-order valence-electron chi connectivity index (χ1n) is 6.51. The van der Waals surface area contributed by atoms with E-state index in [0.29, 0.717) is 30.3 Å². The molecule has 0 bridgehead atoms. The third-order valence-corrected chi connectivity index (χ3v) is 3.44. The molecule has 0 aliphatic heterocycles. The van der Waals surface area contributed by atoms with Crippen LogP contribution in [0, 0.1) is 0 Å². The molecule has 1 aromatic heterocycles. The zero-order valence-electron chi connectivity index (χ0n) is 11.7. The molecule has 2 N–H and O–H groups in total. The van der Waals surface area contributed by atoms with E-state index in [1.807, 2.05) is 0 Å². The van der Waals surface area contributed by atoms with Crippen molar-refractivity contribution >= 4 is 17.3 Å². The van der Waals surface area contributed by atoms with Crippen LogP contribution >= 0.6 is 11.6 Å². The van der Waals surface area contributed by atoms with Crippen molar-refractivity contribution in [3.63, 3.8) is 0 Å². The maximum absolute atomic E-state index is 11.7. The fraction of sp³-hybridized carbons (Fsp3) is 0.267. The largest absolute Gasteiger partial charge is 0.508 e. The van der Waals surface area contributed by atoms with Gasteiger partial charge in [-0.05, 0) is 18.2 Å². The van der Waals surface area contributed by atoms with Gasteiger partial charge in [0.25, 0.3) is 5.56 Å². The van der Waals surface area contributed by atoms with E-state index in [2.05, 4.69) is 5.32 Å². The molecular weight excluding hydrogens is 292 g/mol. The second-order valence-corrected chi connectivity index (χ2v) is 4.94. The summed E-state index contributed by atoms with van der Waals surface area (Å²) < 4.78 is 6.54. The third-order valence-electron chi connectivity index (χ3n) is 3.08. The van der Waals surface area contributed by atoms with Crippen LogP contribution in [0.1, 0.15) is 5.56 Å². The van der Waals surface area contributed by atoms with Crippen LogP contribution in [-0.2, 0) is 17.8 Å². The Morgan fingerprint density at radius 3 is 2.86 bits per heavy atom. The second kappa shape index (κ2) is 7.15. The Morgan fingerprint density at radius 2 is 2.14 bits per heavy atom. The monoisotopic (exact) mass is 308 g/mol. The van der Waals surface area contributed by atoms with Gasteiger partial charge in [0.15, 0.2) is 0 Å².